The topological polar surface area (TPSA) is 57.6 Å². The fourth-order valence-electron chi connectivity index (χ4n) is 4.31. The highest BCUT2D eigenvalue weighted by Crippen LogP contribution is 2.44. The summed E-state index contributed by atoms with van der Waals surface area (Å²) < 4.78 is 0. The van der Waals surface area contributed by atoms with Gasteiger partial charge in [0, 0.05) is 18.7 Å². The Morgan fingerprint density at radius 2 is 1.78 bits per heavy atom. The predicted molar refractivity (Wildman–Crippen MR) is 86.3 cm³/mol. The normalized spacial score (nSPS) is 26.9. The molecule has 1 aliphatic heterocycles. The van der Waals surface area contributed by atoms with Gasteiger partial charge in [-0.25, -0.2) is 0 Å². The Morgan fingerprint density at radius 1 is 1.04 bits per heavy atom. The van der Waals surface area contributed by atoms with Crippen LogP contribution in [0.15, 0.2) is 18.2 Å². The molecule has 1 saturated carbocycles. The molecule has 4 nitrogen and oxygen atoms in total. The Morgan fingerprint density at radius 3 is 2.48 bits per heavy atom. The third kappa shape index (κ3) is 2.75. The van der Waals surface area contributed by atoms with Crippen LogP contribution < -0.4 is 0 Å². The number of benzene rings is 1. The van der Waals surface area contributed by atoms with E-state index in [2.05, 4.69) is 6.07 Å². The van der Waals surface area contributed by atoms with Crippen LogP contribution in [0.1, 0.15) is 47.2 Å². The fraction of sp³-hybridized carbons (Fsp3) is 0.579. The molecule has 0 bridgehead atoms. The third-order valence-corrected chi connectivity index (χ3v) is 5.79. The van der Waals surface area contributed by atoms with Gasteiger partial charge in [0.15, 0.2) is 0 Å². The molecule has 2 aliphatic carbocycles. The molecule has 1 amide bonds. The van der Waals surface area contributed by atoms with Crippen LogP contribution in [0, 0.1) is 17.8 Å². The molecule has 0 radical (unpaired) electrons. The van der Waals surface area contributed by atoms with Crippen molar-refractivity contribution >= 4 is 11.9 Å². The zero-order valence-corrected chi connectivity index (χ0v) is 13.3. The number of likely N-dealkylation sites (tertiary alicyclic amines) is 1. The van der Waals surface area contributed by atoms with Crippen LogP contribution >= 0.6 is 0 Å². The first-order valence-electron chi connectivity index (χ1n) is 8.77. The van der Waals surface area contributed by atoms with Gasteiger partial charge in [0.25, 0.3) is 5.91 Å². The van der Waals surface area contributed by atoms with Crippen LogP contribution in [0.5, 0.6) is 0 Å². The first-order chi connectivity index (χ1) is 11.1. The summed E-state index contributed by atoms with van der Waals surface area (Å²) in [7, 11) is 0. The number of nitrogens with zero attached hydrogens (tertiary/aromatic N) is 1. The smallest absolute Gasteiger partial charge is 0.308 e. The summed E-state index contributed by atoms with van der Waals surface area (Å²) in [5.74, 6) is -0.467. The van der Waals surface area contributed by atoms with Crippen molar-refractivity contribution in [3.05, 3.63) is 34.9 Å². The molecule has 0 spiro atoms. The highest BCUT2D eigenvalue weighted by atomic mass is 16.4. The van der Waals surface area contributed by atoms with Gasteiger partial charge in [-0.2, -0.15) is 0 Å². The Labute approximate surface area is 136 Å². The molecule has 0 unspecified atom stereocenters. The Balaban J connectivity index is 1.54. The van der Waals surface area contributed by atoms with Crippen molar-refractivity contribution in [2.75, 3.05) is 13.1 Å². The van der Waals surface area contributed by atoms with E-state index in [0.29, 0.717) is 19.0 Å². The molecule has 4 heteroatoms. The summed E-state index contributed by atoms with van der Waals surface area (Å²) in [6.07, 6.45) is 6.83. The average molecular weight is 313 g/mol. The second-order valence-electron chi connectivity index (χ2n) is 7.35. The molecule has 4 rings (SSSR count). The summed E-state index contributed by atoms with van der Waals surface area (Å²) in [6, 6.07) is 6.05. The van der Waals surface area contributed by atoms with E-state index < -0.39 is 5.97 Å². The van der Waals surface area contributed by atoms with Gasteiger partial charge in [-0.05, 0) is 73.6 Å². The molecular formula is C19H23NO3. The van der Waals surface area contributed by atoms with E-state index in [9.17, 15) is 14.7 Å². The maximum absolute atomic E-state index is 12.8. The van der Waals surface area contributed by atoms with Crippen molar-refractivity contribution in [2.45, 2.75) is 38.5 Å². The van der Waals surface area contributed by atoms with Crippen molar-refractivity contribution < 1.29 is 14.7 Å². The maximum atomic E-state index is 12.8. The summed E-state index contributed by atoms with van der Waals surface area (Å²) in [6.45, 7) is 0.976. The number of hydrogen-bond donors (Lipinski definition) is 1. The zero-order valence-electron chi connectivity index (χ0n) is 13.3. The molecule has 1 saturated heterocycles. The molecular weight excluding hydrogens is 290 g/mol. The van der Waals surface area contributed by atoms with Crippen LogP contribution in [0.2, 0.25) is 0 Å². The number of aliphatic carboxylic acids is 1. The zero-order chi connectivity index (χ0) is 16.0. The SMILES string of the molecule is O=C(O)[C@H]1CN(C(=O)c2ccc3c(c2)CCCC3)C[C@@H]1C1CC1. The lowest BCUT2D eigenvalue weighted by atomic mass is 9.90. The standard InChI is InChI=1S/C19H23NO3/c21-18(15-8-5-12-3-1-2-4-14(12)9-15)20-10-16(13-6-7-13)17(11-20)19(22)23/h5,8-9,13,16-17H,1-4,6-7,10-11H2,(H,22,23)/t16-,17+/m1/s1. The summed E-state index contributed by atoms with van der Waals surface area (Å²) in [5.41, 5.74) is 3.40. The molecule has 2 fully saturated rings. The molecule has 1 aromatic carbocycles. The lowest BCUT2D eigenvalue weighted by Crippen LogP contribution is -2.30. The van der Waals surface area contributed by atoms with Crippen molar-refractivity contribution in [2.24, 2.45) is 17.8 Å². The lowest BCUT2D eigenvalue weighted by molar-refractivity contribution is -0.142. The largest absolute Gasteiger partial charge is 0.481 e. The van der Waals surface area contributed by atoms with Crippen LogP contribution in [0.25, 0.3) is 0 Å². The van der Waals surface area contributed by atoms with E-state index in [1.807, 2.05) is 12.1 Å². The van der Waals surface area contributed by atoms with E-state index in [0.717, 1.165) is 31.2 Å². The highest BCUT2D eigenvalue weighted by Gasteiger charge is 2.46. The van der Waals surface area contributed by atoms with Crippen LogP contribution in [-0.2, 0) is 17.6 Å². The van der Waals surface area contributed by atoms with Crippen LogP contribution in [0.3, 0.4) is 0 Å². The van der Waals surface area contributed by atoms with Crippen molar-refractivity contribution in [3.63, 3.8) is 0 Å². The number of hydrogen-bond acceptors (Lipinski definition) is 2. The lowest BCUT2D eigenvalue weighted by Gasteiger charge is -2.20. The number of aryl methyl sites for hydroxylation is 2. The molecule has 1 heterocycles. The minimum Gasteiger partial charge on any atom is -0.481 e. The number of fused-ring (bicyclic) bond motifs is 1. The first kappa shape index (κ1) is 14.7. The van der Waals surface area contributed by atoms with E-state index in [-0.39, 0.29) is 17.7 Å². The molecule has 1 N–H and O–H groups in total. The highest BCUT2D eigenvalue weighted by molar-refractivity contribution is 5.95. The minimum atomic E-state index is -0.748. The Bertz CT molecular complexity index is 650. The van der Waals surface area contributed by atoms with Gasteiger partial charge in [-0.15, -0.1) is 0 Å². The predicted octanol–water partition coefficient (Wildman–Crippen LogP) is 2.75. The second-order valence-corrected chi connectivity index (χ2v) is 7.35. The molecule has 23 heavy (non-hydrogen) atoms. The summed E-state index contributed by atoms with van der Waals surface area (Å²) in [5, 5.41) is 9.45. The summed E-state index contributed by atoms with van der Waals surface area (Å²) >= 11 is 0. The minimum absolute atomic E-state index is 0.00720. The van der Waals surface area contributed by atoms with E-state index in [4.69, 9.17) is 0 Å². The number of carbonyl (C=O) groups excluding carboxylic acids is 1. The van der Waals surface area contributed by atoms with Crippen LogP contribution in [0.4, 0.5) is 0 Å². The number of rotatable bonds is 3. The molecule has 2 atom stereocenters. The van der Waals surface area contributed by atoms with Gasteiger partial charge < -0.3 is 10.0 Å². The van der Waals surface area contributed by atoms with Gasteiger partial charge >= 0.3 is 5.97 Å². The Hall–Kier alpha value is -1.84. The van der Waals surface area contributed by atoms with E-state index in [1.165, 1.54) is 24.0 Å². The second kappa shape index (κ2) is 5.66. The quantitative estimate of drug-likeness (QED) is 0.933. The number of carbonyl (C=O) groups is 2. The third-order valence-electron chi connectivity index (χ3n) is 5.79. The van der Waals surface area contributed by atoms with E-state index in [1.54, 1.807) is 4.90 Å². The number of amides is 1. The molecule has 122 valence electrons. The monoisotopic (exact) mass is 313 g/mol. The fourth-order valence-corrected chi connectivity index (χ4v) is 4.31. The van der Waals surface area contributed by atoms with Gasteiger partial charge in [-0.1, -0.05) is 6.07 Å². The Kier molecular flexibility index (Phi) is 3.63. The van der Waals surface area contributed by atoms with Gasteiger partial charge in [0.1, 0.15) is 0 Å². The number of carboxylic acid groups (broad SMARTS) is 1. The molecule has 3 aliphatic rings. The number of carboxylic acids is 1. The van der Waals surface area contributed by atoms with Crippen molar-refractivity contribution in [3.8, 4) is 0 Å². The van der Waals surface area contributed by atoms with Gasteiger partial charge in [-0.3, -0.25) is 9.59 Å². The van der Waals surface area contributed by atoms with Gasteiger partial charge in [0.05, 0.1) is 5.92 Å². The molecule has 1 aromatic rings. The first-order valence-corrected chi connectivity index (χ1v) is 8.77. The van der Waals surface area contributed by atoms with E-state index >= 15 is 0 Å². The van der Waals surface area contributed by atoms with Crippen LogP contribution in [-0.4, -0.2) is 35.0 Å². The van der Waals surface area contributed by atoms with Gasteiger partial charge in [0.2, 0.25) is 0 Å². The average Bonchev–Trinajstić information content (AvgIpc) is 3.31. The summed E-state index contributed by atoms with van der Waals surface area (Å²) in [4.78, 5) is 26.1. The van der Waals surface area contributed by atoms with Crippen molar-refractivity contribution in [1.82, 2.24) is 4.90 Å². The van der Waals surface area contributed by atoms with Crippen molar-refractivity contribution in [1.29, 1.82) is 0 Å². The maximum Gasteiger partial charge on any atom is 0.308 e. The molecule has 0 aromatic heterocycles.